The van der Waals surface area contributed by atoms with Gasteiger partial charge < -0.3 is 9.64 Å². The van der Waals surface area contributed by atoms with Crippen molar-refractivity contribution in [1.82, 2.24) is 9.62 Å². The first-order chi connectivity index (χ1) is 12.0. The number of amides is 1. The highest BCUT2D eigenvalue weighted by Gasteiger charge is 2.40. The van der Waals surface area contributed by atoms with E-state index in [-0.39, 0.29) is 17.8 Å². The molecule has 0 bridgehead atoms. The number of benzene rings is 1. The summed E-state index contributed by atoms with van der Waals surface area (Å²) in [5.41, 5.74) is 0.429. The molecule has 2 atom stereocenters. The minimum atomic E-state index is -3.36. The minimum absolute atomic E-state index is 0.0134. The van der Waals surface area contributed by atoms with Gasteiger partial charge in [-0.1, -0.05) is 28.1 Å². The Hall–Kier alpha value is -1.12. The van der Waals surface area contributed by atoms with Gasteiger partial charge >= 0.3 is 6.09 Å². The number of sulfonamides is 1. The van der Waals surface area contributed by atoms with Gasteiger partial charge in [-0.15, -0.1) is 0 Å². The first-order valence-electron chi connectivity index (χ1n) is 8.75. The predicted molar refractivity (Wildman–Crippen MR) is 106 cm³/mol. The number of carbonyl (C=O) groups is 1. The number of likely N-dealkylation sites (tertiary alicyclic amines) is 1. The molecule has 0 spiro atoms. The maximum Gasteiger partial charge on any atom is 0.410 e. The van der Waals surface area contributed by atoms with Crippen molar-refractivity contribution in [2.24, 2.45) is 0 Å². The van der Waals surface area contributed by atoms with Crippen LogP contribution < -0.4 is 4.72 Å². The fourth-order valence-electron chi connectivity index (χ4n) is 3.01. The third-order valence-corrected chi connectivity index (χ3v) is 6.13. The first-order valence-corrected chi connectivity index (χ1v) is 11.2. The SMILES string of the molecule is CCS(=O)(=O)NC1CCN(C(=O)OC(C)(C)C)C1Cc1cccc(Br)c1. The molecule has 26 heavy (non-hydrogen) atoms. The van der Waals surface area contributed by atoms with Crippen LogP contribution in [0.2, 0.25) is 0 Å². The summed E-state index contributed by atoms with van der Waals surface area (Å²) in [6, 6.07) is 7.20. The molecule has 0 aromatic heterocycles. The normalized spacial score (nSPS) is 21.0. The van der Waals surface area contributed by atoms with Gasteiger partial charge in [0.2, 0.25) is 10.0 Å². The summed E-state index contributed by atoms with van der Waals surface area (Å²) in [6.07, 6.45) is 0.711. The zero-order chi connectivity index (χ0) is 19.5. The van der Waals surface area contributed by atoms with Crippen molar-refractivity contribution in [2.45, 2.75) is 58.2 Å². The van der Waals surface area contributed by atoms with E-state index in [0.29, 0.717) is 19.4 Å². The van der Waals surface area contributed by atoms with Crippen molar-refractivity contribution in [3.63, 3.8) is 0 Å². The van der Waals surface area contributed by atoms with E-state index in [1.807, 2.05) is 45.0 Å². The Morgan fingerprint density at radius 2 is 2.08 bits per heavy atom. The highest BCUT2D eigenvalue weighted by Crippen LogP contribution is 2.26. The number of hydrogen-bond acceptors (Lipinski definition) is 4. The van der Waals surface area contributed by atoms with E-state index in [1.165, 1.54) is 0 Å². The molecule has 1 N–H and O–H groups in total. The lowest BCUT2D eigenvalue weighted by atomic mass is 10.0. The number of nitrogens with one attached hydrogen (secondary N) is 1. The molecule has 1 saturated heterocycles. The van der Waals surface area contributed by atoms with E-state index in [2.05, 4.69) is 20.7 Å². The fourth-order valence-corrected chi connectivity index (χ4v) is 4.36. The van der Waals surface area contributed by atoms with Crippen molar-refractivity contribution in [2.75, 3.05) is 12.3 Å². The van der Waals surface area contributed by atoms with Crippen LogP contribution in [0, 0.1) is 0 Å². The number of halogens is 1. The van der Waals surface area contributed by atoms with E-state index >= 15 is 0 Å². The summed E-state index contributed by atoms with van der Waals surface area (Å²) < 4.78 is 33.3. The smallest absolute Gasteiger partial charge is 0.410 e. The van der Waals surface area contributed by atoms with Gasteiger partial charge in [0.05, 0.1) is 11.8 Å². The standard InChI is InChI=1S/C18H27BrN2O4S/c1-5-26(23,24)20-15-9-10-21(17(22)25-18(2,3)4)16(15)12-13-7-6-8-14(19)11-13/h6-8,11,15-16,20H,5,9-10,12H2,1-4H3. The van der Waals surface area contributed by atoms with Gasteiger partial charge in [-0.3, -0.25) is 0 Å². The molecule has 6 nitrogen and oxygen atoms in total. The molecular weight excluding hydrogens is 420 g/mol. The van der Waals surface area contributed by atoms with Crippen LogP contribution in [-0.2, 0) is 21.2 Å². The molecule has 0 radical (unpaired) electrons. The number of hydrogen-bond donors (Lipinski definition) is 1. The average Bonchev–Trinajstić information content (AvgIpc) is 2.88. The van der Waals surface area contributed by atoms with Crippen molar-refractivity contribution in [3.05, 3.63) is 34.3 Å². The minimum Gasteiger partial charge on any atom is -0.444 e. The molecule has 1 fully saturated rings. The Balaban J connectivity index is 2.25. The quantitative estimate of drug-likeness (QED) is 0.752. The summed E-state index contributed by atoms with van der Waals surface area (Å²) in [5, 5.41) is 0. The van der Waals surface area contributed by atoms with Crippen LogP contribution in [0.1, 0.15) is 39.7 Å². The molecule has 0 aliphatic carbocycles. The summed E-state index contributed by atoms with van der Waals surface area (Å²) >= 11 is 3.45. The predicted octanol–water partition coefficient (Wildman–Crippen LogP) is 3.31. The molecule has 1 aliphatic heterocycles. The summed E-state index contributed by atoms with van der Waals surface area (Å²) in [7, 11) is -3.36. The third-order valence-electron chi connectivity index (χ3n) is 4.22. The number of ether oxygens (including phenoxy) is 1. The van der Waals surface area contributed by atoms with Crippen LogP contribution in [0.25, 0.3) is 0 Å². The molecule has 1 aromatic carbocycles. The van der Waals surface area contributed by atoms with Crippen LogP contribution in [0.15, 0.2) is 28.7 Å². The molecule has 1 aromatic rings. The lowest BCUT2D eigenvalue weighted by Gasteiger charge is -2.31. The highest BCUT2D eigenvalue weighted by molar-refractivity contribution is 9.10. The summed E-state index contributed by atoms with van der Waals surface area (Å²) in [6.45, 7) is 7.53. The Bertz CT molecular complexity index is 746. The van der Waals surface area contributed by atoms with Crippen molar-refractivity contribution < 1.29 is 17.9 Å². The molecular formula is C18H27BrN2O4S. The van der Waals surface area contributed by atoms with Gasteiger partial charge in [0.1, 0.15) is 5.60 Å². The lowest BCUT2D eigenvalue weighted by Crippen LogP contribution is -2.49. The molecule has 146 valence electrons. The number of carbonyl (C=O) groups excluding carboxylic acids is 1. The summed E-state index contributed by atoms with van der Waals surface area (Å²) in [4.78, 5) is 14.3. The molecule has 1 aliphatic rings. The van der Waals surface area contributed by atoms with E-state index in [4.69, 9.17) is 4.74 Å². The van der Waals surface area contributed by atoms with E-state index in [0.717, 1.165) is 10.0 Å². The zero-order valence-corrected chi connectivity index (χ0v) is 18.1. The number of nitrogens with zero attached hydrogens (tertiary/aromatic N) is 1. The van der Waals surface area contributed by atoms with Gasteiger partial charge in [-0.25, -0.2) is 17.9 Å². The van der Waals surface area contributed by atoms with Crippen LogP contribution >= 0.6 is 15.9 Å². The fraction of sp³-hybridized carbons (Fsp3) is 0.611. The van der Waals surface area contributed by atoms with E-state index in [9.17, 15) is 13.2 Å². The second-order valence-electron chi connectivity index (χ2n) is 7.49. The second kappa shape index (κ2) is 8.27. The van der Waals surface area contributed by atoms with Gasteiger partial charge in [0, 0.05) is 17.1 Å². The molecule has 1 heterocycles. The molecule has 2 rings (SSSR count). The van der Waals surface area contributed by atoms with Crippen LogP contribution in [0.4, 0.5) is 4.79 Å². The van der Waals surface area contributed by atoms with Gasteiger partial charge in [0.15, 0.2) is 0 Å². The average molecular weight is 447 g/mol. The lowest BCUT2D eigenvalue weighted by molar-refractivity contribution is 0.0218. The highest BCUT2D eigenvalue weighted by atomic mass is 79.9. The third kappa shape index (κ3) is 5.96. The Kier molecular flexibility index (Phi) is 6.74. The second-order valence-corrected chi connectivity index (χ2v) is 10.4. The maximum atomic E-state index is 12.6. The maximum absolute atomic E-state index is 12.6. The summed E-state index contributed by atoms with van der Waals surface area (Å²) in [5.74, 6) is 0.0134. The van der Waals surface area contributed by atoms with Gasteiger partial charge in [-0.05, 0) is 58.2 Å². The Morgan fingerprint density at radius 3 is 2.65 bits per heavy atom. The van der Waals surface area contributed by atoms with Crippen molar-refractivity contribution >= 4 is 32.0 Å². The van der Waals surface area contributed by atoms with Crippen LogP contribution in [0.3, 0.4) is 0 Å². The van der Waals surface area contributed by atoms with Crippen LogP contribution in [-0.4, -0.2) is 49.4 Å². The molecule has 2 unspecified atom stereocenters. The van der Waals surface area contributed by atoms with Gasteiger partial charge in [-0.2, -0.15) is 0 Å². The largest absolute Gasteiger partial charge is 0.444 e. The van der Waals surface area contributed by atoms with Crippen molar-refractivity contribution in [3.8, 4) is 0 Å². The van der Waals surface area contributed by atoms with Gasteiger partial charge in [0.25, 0.3) is 0 Å². The topological polar surface area (TPSA) is 75.7 Å². The zero-order valence-electron chi connectivity index (χ0n) is 15.7. The van der Waals surface area contributed by atoms with E-state index < -0.39 is 21.7 Å². The van der Waals surface area contributed by atoms with Crippen molar-refractivity contribution in [1.29, 1.82) is 0 Å². The molecule has 1 amide bonds. The van der Waals surface area contributed by atoms with Crippen LogP contribution in [0.5, 0.6) is 0 Å². The molecule has 0 saturated carbocycles. The van der Waals surface area contributed by atoms with E-state index in [1.54, 1.807) is 11.8 Å². The Morgan fingerprint density at radius 1 is 1.38 bits per heavy atom. The number of rotatable bonds is 5. The monoisotopic (exact) mass is 446 g/mol. The molecule has 8 heteroatoms. The first kappa shape index (κ1) is 21.2. The Labute approximate surface area is 164 Å².